The van der Waals surface area contributed by atoms with E-state index in [4.69, 9.17) is 9.84 Å². The lowest BCUT2D eigenvalue weighted by Crippen LogP contribution is -2.26. The average molecular weight is 380 g/mol. The quantitative estimate of drug-likeness (QED) is 0.401. The molecule has 3 N–H and O–H groups in total. The van der Waals surface area contributed by atoms with Crippen molar-refractivity contribution >= 4 is 0 Å². The lowest BCUT2D eigenvalue weighted by molar-refractivity contribution is 0.112. The third kappa shape index (κ3) is 10.3. The molecule has 0 aromatic carbocycles. The van der Waals surface area contributed by atoms with Gasteiger partial charge in [0.2, 0.25) is 0 Å². The lowest BCUT2D eigenvalue weighted by Gasteiger charge is -2.31. The molecule has 5 heteroatoms. The summed E-state index contributed by atoms with van der Waals surface area (Å²) in [5.74, 6) is 0. The molecule has 0 unspecified atom stereocenters. The Balaban J connectivity index is 0.00000326. The highest BCUT2D eigenvalue weighted by Gasteiger charge is 2.18. The van der Waals surface area contributed by atoms with E-state index in [-0.39, 0.29) is 19.8 Å². The van der Waals surface area contributed by atoms with Crippen molar-refractivity contribution < 1.29 is 20.1 Å². The second-order valence-corrected chi connectivity index (χ2v) is 5.83. The lowest BCUT2D eigenvalue weighted by atomic mass is 9.95. The van der Waals surface area contributed by atoms with Crippen LogP contribution in [-0.2, 0) is 4.74 Å². The van der Waals surface area contributed by atoms with Gasteiger partial charge in [-0.05, 0) is 43.9 Å². The molecule has 0 aromatic heterocycles. The van der Waals surface area contributed by atoms with Gasteiger partial charge in [-0.15, -0.1) is 0 Å². The third-order valence-electron chi connectivity index (χ3n) is 3.85. The van der Waals surface area contributed by atoms with Gasteiger partial charge in [0.05, 0.1) is 26.4 Å². The summed E-state index contributed by atoms with van der Waals surface area (Å²) >= 11 is 0. The molecular formula is C22H37NO4. The number of ether oxygens (including phenoxy) is 1. The maximum Gasteiger partial charge on any atom is 0.0701 e. The topological polar surface area (TPSA) is 73.2 Å². The molecule has 0 saturated carbocycles. The van der Waals surface area contributed by atoms with Crippen molar-refractivity contribution in [1.29, 1.82) is 0 Å². The third-order valence-corrected chi connectivity index (χ3v) is 3.85. The minimum Gasteiger partial charge on any atom is -0.396 e. The van der Waals surface area contributed by atoms with Gasteiger partial charge in [-0.3, -0.25) is 0 Å². The van der Waals surface area contributed by atoms with Gasteiger partial charge in [0.1, 0.15) is 0 Å². The van der Waals surface area contributed by atoms with Crippen molar-refractivity contribution in [2.45, 2.75) is 40.5 Å². The van der Waals surface area contributed by atoms with E-state index in [0.717, 1.165) is 17.7 Å². The van der Waals surface area contributed by atoms with Crippen LogP contribution in [0.15, 0.2) is 59.0 Å². The number of hydrogen-bond acceptors (Lipinski definition) is 5. The second kappa shape index (κ2) is 16.5. The molecule has 1 aliphatic rings. The first-order valence-electron chi connectivity index (χ1n) is 9.73. The van der Waals surface area contributed by atoms with E-state index in [1.54, 1.807) is 0 Å². The zero-order chi connectivity index (χ0) is 20.5. The number of hydrogen-bond donors (Lipinski definition) is 3. The molecule has 1 rings (SSSR count). The first-order chi connectivity index (χ1) is 13.2. The first kappa shape index (κ1) is 25.3. The Bertz CT molecular complexity index is 545. The predicted octanol–water partition coefficient (Wildman–Crippen LogP) is 3.32. The first-order valence-corrected chi connectivity index (χ1v) is 9.73. The monoisotopic (exact) mass is 379 g/mol. The largest absolute Gasteiger partial charge is 0.396 e. The minimum atomic E-state index is 0.0351. The Morgan fingerprint density at radius 3 is 2.52 bits per heavy atom. The van der Waals surface area contributed by atoms with E-state index in [1.807, 2.05) is 57.0 Å². The van der Waals surface area contributed by atoms with Crippen LogP contribution in [0.5, 0.6) is 0 Å². The summed E-state index contributed by atoms with van der Waals surface area (Å²) in [4.78, 5) is 2.04. The highest BCUT2D eigenvalue weighted by molar-refractivity contribution is 5.41. The van der Waals surface area contributed by atoms with Gasteiger partial charge >= 0.3 is 0 Å². The van der Waals surface area contributed by atoms with Crippen LogP contribution in [0, 0.1) is 0 Å². The van der Waals surface area contributed by atoms with E-state index < -0.39 is 0 Å². The second-order valence-electron chi connectivity index (χ2n) is 5.83. The summed E-state index contributed by atoms with van der Waals surface area (Å²) in [5, 5.41) is 27.2. The van der Waals surface area contributed by atoms with Crippen LogP contribution in [-0.4, -0.2) is 59.8 Å². The fourth-order valence-electron chi connectivity index (χ4n) is 2.61. The van der Waals surface area contributed by atoms with Crippen molar-refractivity contribution in [3.8, 4) is 0 Å². The molecule has 0 aliphatic carbocycles. The fraction of sp³-hybridized carbons (Fsp3) is 0.545. The van der Waals surface area contributed by atoms with Crippen molar-refractivity contribution in [2.75, 3.05) is 39.6 Å². The van der Waals surface area contributed by atoms with E-state index in [9.17, 15) is 10.2 Å². The highest BCUT2D eigenvalue weighted by atomic mass is 16.5. The van der Waals surface area contributed by atoms with Gasteiger partial charge in [0.15, 0.2) is 0 Å². The summed E-state index contributed by atoms with van der Waals surface area (Å²) in [6.45, 7) is 9.62. The predicted molar refractivity (Wildman–Crippen MR) is 112 cm³/mol. The Kier molecular flexibility index (Phi) is 15.5. The maximum absolute atomic E-state index is 9.35. The molecular weight excluding hydrogens is 342 g/mol. The number of aliphatic hydroxyl groups excluding tert-OH is 3. The van der Waals surface area contributed by atoms with Crippen LogP contribution in [0.3, 0.4) is 0 Å². The Hall–Kier alpha value is -1.66. The van der Waals surface area contributed by atoms with Crippen molar-refractivity contribution in [3.05, 3.63) is 59.0 Å². The van der Waals surface area contributed by atoms with Gasteiger partial charge in [-0.2, -0.15) is 0 Å². The van der Waals surface area contributed by atoms with Gasteiger partial charge in [0.25, 0.3) is 0 Å². The standard InChI is InChI=1S/C20H31NO4.C2H6/c1-3-19-15-18(8-10-22)16-21(9-11-23)20(19)7-6-17(2)5-4-13-25-14-12-24;1-2/h3-7,16,22-24H,8-15H2,1-2H3;1-2H3/b5-4+,17-6+,19-3-,20-7+;. The molecule has 1 heterocycles. The summed E-state index contributed by atoms with van der Waals surface area (Å²) < 4.78 is 5.19. The SMILES string of the molecule is C/C=C1/CC(CCO)=CN(CCO)/C1=C/C=C(C)/C=C/COCCO.CC. The van der Waals surface area contributed by atoms with Crippen LogP contribution in [0.4, 0.5) is 0 Å². The molecule has 0 fully saturated rings. The highest BCUT2D eigenvalue weighted by Crippen LogP contribution is 2.30. The molecule has 154 valence electrons. The molecule has 5 nitrogen and oxygen atoms in total. The van der Waals surface area contributed by atoms with E-state index in [0.29, 0.717) is 26.2 Å². The summed E-state index contributed by atoms with van der Waals surface area (Å²) in [5.41, 5.74) is 4.52. The van der Waals surface area contributed by atoms with Crippen LogP contribution in [0.25, 0.3) is 0 Å². The Morgan fingerprint density at radius 1 is 1.19 bits per heavy atom. The Labute approximate surface area is 164 Å². The minimum absolute atomic E-state index is 0.0351. The molecule has 0 spiro atoms. The van der Waals surface area contributed by atoms with Crippen molar-refractivity contribution in [2.24, 2.45) is 0 Å². The van der Waals surface area contributed by atoms with Gasteiger partial charge in [-0.1, -0.05) is 43.7 Å². The van der Waals surface area contributed by atoms with Crippen LogP contribution in [0.1, 0.15) is 40.5 Å². The molecule has 0 atom stereocenters. The number of allylic oxidation sites excluding steroid dienone is 6. The van der Waals surface area contributed by atoms with Crippen molar-refractivity contribution in [3.63, 3.8) is 0 Å². The maximum atomic E-state index is 9.35. The fourth-order valence-corrected chi connectivity index (χ4v) is 2.61. The molecule has 27 heavy (non-hydrogen) atoms. The van der Waals surface area contributed by atoms with E-state index in [1.165, 1.54) is 11.1 Å². The van der Waals surface area contributed by atoms with Crippen molar-refractivity contribution in [1.82, 2.24) is 4.90 Å². The van der Waals surface area contributed by atoms with E-state index in [2.05, 4.69) is 12.2 Å². The summed E-state index contributed by atoms with van der Waals surface area (Å²) in [7, 11) is 0. The van der Waals surface area contributed by atoms with Gasteiger partial charge in [-0.25, -0.2) is 0 Å². The number of nitrogens with zero attached hydrogens (tertiary/aromatic N) is 1. The molecule has 0 radical (unpaired) electrons. The molecule has 0 bridgehead atoms. The van der Waals surface area contributed by atoms with E-state index >= 15 is 0 Å². The van der Waals surface area contributed by atoms with Crippen LogP contribution < -0.4 is 0 Å². The molecule has 0 aromatic rings. The van der Waals surface area contributed by atoms with Gasteiger partial charge < -0.3 is 25.0 Å². The number of rotatable bonds is 10. The molecule has 0 saturated heterocycles. The number of aliphatic hydroxyl groups is 3. The molecule has 1 aliphatic heterocycles. The van der Waals surface area contributed by atoms with Crippen LogP contribution >= 0.6 is 0 Å². The molecule has 0 amide bonds. The zero-order valence-electron chi connectivity index (χ0n) is 17.3. The van der Waals surface area contributed by atoms with Crippen LogP contribution in [0.2, 0.25) is 0 Å². The normalized spacial score (nSPS) is 18.1. The average Bonchev–Trinajstić information content (AvgIpc) is 2.68. The Morgan fingerprint density at radius 2 is 1.93 bits per heavy atom. The summed E-state index contributed by atoms with van der Waals surface area (Å²) in [6, 6.07) is 0. The zero-order valence-corrected chi connectivity index (χ0v) is 17.3. The smallest absolute Gasteiger partial charge is 0.0701 e. The summed E-state index contributed by atoms with van der Waals surface area (Å²) in [6.07, 6.45) is 13.6. The van der Waals surface area contributed by atoms with Gasteiger partial charge in [0, 0.05) is 25.0 Å². The number of β-amino-alcohol motifs (C(OH)–C–C–N with tert-alkyl or cyclic N) is 1.